The predicted octanol–water partition coefficient (Wildman–Crippen LogP) is 0.171. The summed E-state index contributed by atoms with van der Waals surface area (Å²) in [6, 6.07) is 4.56. The van der Waals surface area contributed by atoms with Crippen molar-refractivity contribution in [1.29, 1.82) is 0 Å². The second-order valence-electron chi connectivity index (χ2n) is 5.98. The van der Waals surface area contributed by atoms with E-state index in [-0.39, 0.29) is 31.0 Å². The minimum absolute atomic E-state index is 0.0793. The zero-order valence-corrected chi connectivity index (χ0v) is 14.1. The van der Waals surface area contributed by atoms with Crippen molar-refractivity contribution in [3.8, 4) is 5.75 Å². The van der Waals surface area contributed by atoms with Crippen LogP contribution in [0.5, 0.6) is 5.75 Å². The van der Waals surface area contributed by atoms with Crippen LogP contribution in [0, 0.1) is 0 Å². The highest BCUT2D eigenvalue weighted by Gasteiger charge is 2.27. The maximum Gasteiger partial charge on any atom is 0.262 e. The summed E-state index contributed by atoms with van der Waals surface area (Å²) >= 11 is 0. The average Bonchev–Trinajstić information content (AvgIpc) is 2.53. The quantitative estimate of drug-likeness (QED) is 0.806. The van der Waals surface area contributed by atoms with E-state index in [4.69, 9.17) is 4.74 Å². The molecule has 1 saturated heterocycles. The zero-order chi connectivity index (χ0) is 17.3. The molecule has 130 valence electrons. The van der Waals surface area contributed by atoms with Gasteiger partial charge < -0.3 is 15.4 Å². The molecule has 8 nitrogen and oxygen atoms in total. The van der Waals surface area contributed by atoms with Gasteiger partial charge in [-0.1, -0.05) is 0 Å². The molecule has 2 N–H and O–H groups in total. The number of benzene rings is 1. The van der Waals surface area contributed by atoms with Crippen molar-refractivity contribution in [3.63, 3.8) is 0 Å². The third-order valence-corrected chi connectivity index (χ3v) is 5.33. The van der Waals surface area contributed by atoms with E-state index in [1.807, 2.05) is 0 Å². The van der Waals surface area contributed by atoms with E-state index in [1.54, 1.807) is 18.2 Å². The topological polar surface area (TPSA) is 105 Å². The Hall–Kier alpha value is -2.13. The minimum Gasteiger partial charge on any atom is -0.482 e. The summed E-state index contributed by atoms with van der Waals surface area (Å²) < 4.78 is 30.0. The maximum absolute atomic E-state index is 12.4. The molecule has 0 radical (unpaired) electrons. The van der Waals surface area contributed by atoms with Crippen LogP contribution >= 0.6 is 0 Å². The lowest BCUT2D eigenvalue weighted by Gasteiger charge is -2.31. The van der Waals surface area contributed by atoms with Crippen LogP contribution in [0.3, 0.4) is 0 Å². The van der Waals surface area contributed by atoms with Crippen LogP contribution in [0.4, 0.5) is 5.69 Å². The Morgan fingerprint density at radius 2 is 2.21 bits per heavy atom. The molecule has 9 heteroatoms. The Labute approximate surface area is 140 Å². The van der Waals surface area contributed by atoms with Gasteiger partial charge in [-0.25, -0.2) is 12.7 Å². The summed E-state index contributed by atoms with van der Waals surface area (Å²) in [4.78, 5) is 23.6. The molecule has 0 aromatic heterocycles. The van der Waals surface area contributed by atoms with Crippen molar-refractivity contribution in [2.75, 3.05) is 31.3 Å². The fourth-order valence-electron chi connectivity index (χ4n) is 2.85. The number of carbonyl (C=O) groups excluding carboxylic acids is 2. The minimum atomic E-state index is -3.25. The summed E-state index contributed by atoms with van der Waals surface area (Å²) in [5.74, 6) is -0.0786. The standard InChI is InChI=1S/C15H19N3O5S/c1-24(21,22)18-6-2-3-11(8-18)16-15(20)10-4-5-12-13(7-10)23-9-14(19)17-12/h4-5,7,11H,2-3,6,8-9H2,1H3,(H,16,20)(H,17,19). The molecule has 2 aliphatic rings. The number of nitrogens with one attached hydrogen (secondary N) is 2. The highest BCUT2D eigenvalue weighted by Crippen LogP contribution is 2.28. The Balaban J connectivity index is 1.68. The molecule has 2 aliphatic heterocycles. The number of carbonyl (C=O) groups is 2. The van der Waals surface area contributed by atoms with E-state index in [9.17, 15) is 18.0 Å². The predicted molar refractivity (Wildman–Crippen MR) is 87.5 cm³/mol. The van der Waals surface area contributed by atoms with Crippen LogP contribution < -0.4 is 15.4 Å². The number of hydrogen-bond donors (Lipinski definition) is 2. The van der Waals surface area contributed by atoms with Crippen LogP contribution in [0.25, 0.3) is 0 Å². The van der Waals surface area contributed by atoms with E-state index in [1.165, 1.54) is 10.6 Å². The molecule has 0 spiro atoms. The molecule has 24 heavy (non-hydrogen) atoms. The van der Waals surface area contributed by atoms with Crippen molar-refractivity contribution in [2.24, 2.45) is 0 Å². The molecular formula is C15H19N3O5S. The van der Waals surface area contributed by atoms with E-state index >= 15 is 0 Å². The summed E-state index contributed by atoms with van der Waals surface area (Å²) in [7, 11) is -3.25. The summed E-state index contributed by atoms with van der Waals surface area (Å²) in [6.45, 7) is 0.684. The molecule has 1 atom stereocenters. The molecule has 3 rings (SSSR count). The highest BCUT2D eigenvalue weighted by molar-refractivity contribution is 7.88. The third kappa shape index (κ3) is 3.68. The SMILES string of the molecule is CS(=O)(=O)N1CCCC(NC(=O)c2ccc3c(c2)OCC(=O)N3)C1. The number of nitrogens with zero attached hydrogens (tertiary/aromatic N) is 1. The van der Waals surface area contributed by atoms with Gasteiger partial charge in [0.05, 0.1) is 11.9 Å². The van der Waals surface area contributed by atoms with Gasteiger partial charge in [-0.05, 0) is 31.0 Å². The Morgan fingerprint density at radius 1 is 1.42 bits per heavy atom. The molecule has 1 unspecified atom stereocenters. The fraction of sp³-hybridized carbons (Fsp3) is 0.467. The second-order valence-corrected chi connectivity index (χ2v) is 7.96. The smallest absolute Gasteiger partial charge is 0.262 e. The number of amides is 2. The molecule has 2 heterocycles. The zero-order valence-electron chi connectivity index (χ0n) is 13.2. The lowest BCUT2D eigenvalue weighted by Crippen LogP contribution is -2.49. The number of ether oxygens (including phenoxy) is 1. The number of sulfonamides is 1. The first-order valence-electron chi connectivity index (χ1n) is 7.65. The summed E-state index contributed by atoms with van der Waals surface area (Å²) in [5, 5.41) is 5.53. The fourth-order valence-corrected chi connectivity index (χ4v) is 3.76. The van der Waals surface area contributed by atoms with E-state index in [0.29, 0.717) is 30.0 Å². The first kappa shape index (κ1) is 16.7. The van der Waals surface area contributed by atoms with Crippen LogP contribution in [0.2, 0.25) is 0 Å². The Bertz CT molecular complexity index is 777. The molecule has 1 aromatic carbocycles. The Kier molecular flexibility index (Phi) is 4.46. The van der Waals surface area contributed by atoms with Crippen LogP contribution in [-0.2, 0) is 14.8 Å². The van der Waals surface area contributed by atoms with Gasteiger partial charge >= 0.3 is 0 Å². The van der Waals surface area contributed by atoms with Gasteiger partial charge in [0.25, 0.3) is 11.8 Å². The van der Waals surface area contributed by atoms with Gasteiger partial charge in [0.2, 0.25) is 10.0 Å². The van der Waals surface area contributed by atoms with E-state index < -0.39 is 10.0 Å². The number of hydrogen-bond acceptors (Lipinski definition) is 5. The number of anilines is 1. The van der Waals surface area contributed by atoms with Gasteiger partial charge in [0.15, 0.2) is 6.61 Å². The van der Waals surface area contributed by atoms with Gasteiger partial charge in [-0.15, -0.1) is 0 Å². The van der Waals surface area contributed by atoms with Crippen LogP contribution in [-0.4, -0.2) is 56.5 Å². The average molecular weight is 353 g/mol. The van der Waals surface area contributed by atoms with Crippen LogP contribution in [0.15, 0.2) is 18.2 Å². The Morgan fingerprint density at radius 3 is 2.96 bits per heavy atom. The molecule has 0 saturated carbocycles. The molecule has 2 amide bonds. The van der Waals surface area contributed by atoms with Crippen molar-refractivity contribution >= 4 is 27.5 Å². The van der Waals surface area contributed by atoms with Crippen molar-refractivity contribution in [1.82, 2.24) is 9.62 Å². The number of rotatable bonds is 3. The van der Waals surface area contributed by atoms with E-state index in [0.717, 1.165) is 6.42 Å². The second kappa shape index (κ2) is 6.40. The first-order valence-corrected chi connectivity index (χ1v) is 9.50. The number of fused-ring (bicyclic) bond motifs is 1. The first-order chi connectivity index (χ1) is 11.3. The molecule has 0 aliphatic carbocycles. The summed E-state index contributed by atoms with van der Waals surface area (Å²) in [5.41, 5.74) is 0.935. The molecule has 1 aromatic rings. The molecular weight excluding hydrogens is 334 g/mol. The number of piperidine rings is 1. The lowest BCUT2D eigenvalue weighted by atomic mass is 10.1. The van der Waals surface area contributed by atoms with Gasteiger partial charge in [0.1, 0.15) is 5.75 Å². The van der Waals surface area contributed by atoms with Crippen molar-refractivity contribution in [2.45, 2.75) is 18.9 Å². The third-order valence-electron chi connectivity index (χ3n) is 4.07. The maximum atomic E-state index is 12.4. The molecule has 0 bridgehead atoms. The van der Waals surface area contributed by atoms with Crippen molar-refractivity contribution < 1.29 is 22.7 Å². The van der Waals surface area contributed by atoms with Crippen molar-refractivity contribution in [3.05, 3.63) is 23.8 Å². The normalized spacial score (nSPS) is 21.4. The van der Waals surface area contributed by atoms with Gasteiger partial charge in [0, 0.05) is 24.7 Å². The lowest BCUT2D eigenvalue weighted by molar-refractivity contribution is -0.118. The monoisotopic (exact) mass is 353 g/mol. The van der Waals surface area contributed by atoms with Gasteiger partial charge in [-0.2, -0.15) is 0 Å². The van der Waals surface area contributed by atoms with E-state index in [2.05, 4.69) is 10.6 Å². The largest absolute Gasteiger partial charge is 0.482 e. The van der Waals surface area contributed by atoms with Gasteiger partial charge in [-0.3, -0.25) is 9.59 Å². The highest BCUT2D eigenvalue weighted by atomic mass is 32.2. The molecule has 1 fully saturated rings. The van der Waals surface area contributed by atoms with Crippen LogP contribution in [0.1, 0.15) is 23.2 Å². The summed E-state index contributed by atoms with van der Waals surface area (Å²) in [6.07, 6.45) is 2.61.